The third-order valence-corrected chi connectivity index (χ3v) is 3.58. The fourth-order valence-corrected chi connectivity index (χ4v) is 2.35. The van der Waals surface area contributed by atoms with E-state index in [2.05, 4.69) is 48.4 Å². The number of hydrogen-bond acceptors (Lipinski definition) is 2. The SMILES string of the molecule is CNCC(C)C(C)c1cccc2cnccc12. The highest BCUT2D eigenvalue weighted by molar-refractivity contribution is 5.85. The van der Waals surface area contributed by atoms with Gasteiger partial charge >= 0.3 is 0 Å². The van der Waals surface area contributed by atoms with Gasteiger partial charge < -0.3 is 5.32 Å². The van der Waals surface area contributed by atoms with Crippen LogP contribution in [0.4, 0.5) is 0 Å². The van der Waals surface area contributed by atoms with Crippen LogP contribution in [0.1, 0.15) is 25.3 Å². The quantitative estimate of drug-likeness (QED) is 0.869. The second kappa shape index (κ2) is 5.28. The number of hydrogen-bond donors (Lipinski definition) is 1. The third kappa shape index (κ3) is 2.47. The molecule has 0 bridgehead atoms. The van der Waals surface area contributed by atoms with Crippen LogP contribution in [0.25, 0.3) is 10.8 Å². The van der Waals surface area contributed by atoms with E-state index in [-0.39, 0.29) is 0 Å². The van der Waals surface area contributed by atoms with E-state index in [1.165, 1.54) is 16.3 Å². The minimum atomic E-state index is 0.550. The fraction of sp³-hybridized carbons (Fsp3) is 0.400. The van der Waals surface area contributed by atoms with Gasteiger partial charge in [-0.1, -0.05) is 32.0 Å². The molecule has 2 rings (SSSR count). The van der Waals surface area contributed by atoms with Crippen molar-refractivity contribution in [1.82, 2.24) is 10.3 Å². The Hall–Kier alpha value is -1.41. The first-order chi connectivity index (χ1) is 8.24. The molecular formula is C15H20N2. The highest BCUT2D eigenvalue weighted by Crippen LogP contribution is 2.29. The maximum absolute atomic E-state index is 4.18. The Morgan fingerprint density at radius 3 is 2.82 bits per heavy atom. The average Bonchev–Trinajstić information content (AvgIpc) is 2.37. The molecule has 2 nitrogen and oxygen atoms in total. The largest absolute Gasteiger partial charge is 0.319 e. The summed E-state index contributed by atoms with van der Waals surface area (Å²) < 4.78 is 0. The molecule has 2 atom stereocenters. The van der Waals surface area contributed by atoms with Gasteiger partial charge in [-0.25, -0.2) is 0 Å². The lowest BCUT2D eigenvalue weighted by Gasteiger charge is -2.21. The van der Waals surface area contributed by atoms with E-state index in [1.54, 1.807) is 0 Å². The summed E-state index contributed by atoms with van der Waals surface area (Å²) in [5.41, 5.74) is 1.42. The Morgan fingerprint density at radius 2 is 2.06 bits per heavy atom. The monoisotopic (exact) mass is 228 g/mol. The summed E-state index contributed by atoms with van der Waals surface area (Å²) in [5.74, 6) is 1.17. The highest BCUT2D eigenvalue weighted by atomic mass is 14.8. The van der Waals surface area contributed by atoms with Crippen molar-refractivity contribution in [2.24, 2.45) is 5.92 Å². The molecule has 17 heavy (non-hydrogen) atoms. The molecule has 2 heteroatoms. The molecule has 0 aliphatic heterocycles. The van der Waals surface area contributed by atoms with Gasteiger partial charge in [-0.3, -0.25) is 4.98 Å². The van der Waals surface area contributed by atoms with Gasteiger partial charge in [0.25, 0.3) is 0 Å². The van der Waals surface area contributed by atoms with Gasteiger partial charge in [-0.05, 0) is 42.4 Å². The molecule has 1 aromatic heterocycles. The highest BCUT2D eigenvalue weighted by Gasteiger charge is 2.15. The summed E-state index contributed by atoms with van der Waals surface area (Å²) >= 11 is 0. The molecule has 0 aliphatic rings. The Bertz CT molecular complexity index is 488. The van der Waals surface area contributed by atoms with Crippen molar-refractivity contribution in [3.63, 3.8) is 0 Å². The van der Waals surface area contributed by atoms with Crippen LogP contribution in [0.5, 0.6) is 0 Å². The molecule has 0 fully saturated rings. The second-order valence-corrected chi connectivity index (χ2v) is 4.77. The van der Waals surface area contributed by atoms with Crippen molar-refractivity contribution < 1.29 is 0 Å². The van der Waals surface area contributed by atoms with E-state index < -0.39 is 0 Å². The van der Waals surface area contributed by atoms with E-state index in [0.29, 0.717) is 11.8 Å². The van der Waals surface area contributed by atoms with Gasteiger partial charge in [0.1, 0.15) is 0 Å². The van der Waals surface area contributed by atoms with Gasteiger partial charge in [0.05, 0.1) is 0 Å². The predicted octanol–water partition coefficient (Wildman–Crippen LogP) is 3.19. The number of rotatable bonds is 4. The topological polar surface area (TPSA) is 24.9 Å². The number of benzene rings is 1. The maximum atomic E-state index is 4.18. The zero-order valence-electron chi connectivity index (χ0n) is 10.8. The number of pyridine rings is 1. The summed E-state index contributed by atoms with van der Waals surface area (Å²) in [6.45, 7) is 5.64. The van der Waals surface area contributed by atoms with E-state index >= 15 is 0 Å². The van der Waals surface area contributed by atoms with Crippen LogP contribution in [-0.4, -0.2) is 18.6 Å². The standard InChI is InChI=1S/C15H20N2/c1-11(9-16-3)12(2)14-6-4-5-13-10-17-8-7-15(13)14/h4-8,10-12,16H,9H2,1-3H3. The van der Waals surface area contributed by atoms with E-state index in [4.69, 9.17) is 0 Å². The lowest BCUT2D eigenvalue weighted by molar-refractivity contribution is 0.468. The smallest absolute Gasteiger partial charge is 0.0346 e. The van der Waals surface area contributed by atoms with Crippen molar-refractivity contribution in [3.05, 3.63) is 42.2 Å². The Morgan fingerprint density at radius 1 is 1.24 bits per heavy atom. The van der Waals surface area contributed by atoms with Crippen LogP contribution in [0.2, 0.25) is 0 Å². The molecule has 1 aromatic carbocycles. The van der Waals surface area contributed by atoms with Gasteiger partial charge in [-0.15, -0.1) is 0 Å². The first-order valence-corrected chi connectivity index (χ1v) is 6.21. The van der Waals surface area contributed by atoms with Crippen LogP contribution >= 0.6 is 0 Å². The minimum Gasteiger partial charge on any atom is -0.319 e. The molecule has 90 valence electrons. The number of fused-ring (bicyclic) bond motifs is 1. The van der Waals surface area contributed by atoms with Crippen molar-refractivity contribution >= 4 is 10.8 Å². The van der Waals surface area contributed by atoms with Crippen molar-refractivity contribution in [2.45, 2.75) is 19.8 Å². The normalized spacial score (nSPS) is 14.8. The molecule has 0 saturated heterocycles. The van der Waals surface area contributed by atoms with Gasteiger partial charge in [-0.2, -0.15) is 0 Å². The molecule has 0 saturated carbocycles. The van der Waals surface area contributed by atoms with Crippen molar-refractivity contribution in [2.75, 3.05) is 13.6 Å². The Kier molecular flexibility index (Phi) is 3.75. The summed E-state index contributed by atoms with van der Waals surface area (Å²) in [7, 11) is 2.01. The molecule has 0 aliphatic carbocycles. The van der Waals surface area contributed by atoms with E-state index in [1.807, 2.05) is 19.4 Å². The minimum absolute atomic E-state index is 0.550. The molecule has 0 spiro atoms. The molecule has 0 radical (unpaired) electrons. The van der Waals surface area contributed by atoms with Crippen molar-refractivity contribution in [1.29, 1.82) is 0 Å². The van der Waals surface area contributed by atoms with Crippen LogP contribution in [0.15, 0.2) is 36.7 Å². The molecule has 1 heterocycles. The molecular weight excluding hydrogens is 208 g/mol. The average molecular weight is 228 g/mol. The lowest BCUT2D eigenvalue weighted by Crippen LogP contribution is -2.20. The molecule has 0 amide bonds. The number of nitrogens with one attached hydrogen (secondary N) is 1. The summed E-state index contributed by atoms with van der Waals surface area (Å²) in [4.78, 5) is 4.18. The fourth-order valence-electron chi connectivity index (χ4n) is 2.35. The first-order valence-electron chi connectivity index (χ1n) is 6.21. The molecule has 2 unspecified atom stereocenters. The Balaban J connectivity index is 2.41. The zero-order valence-corrected chi connectivity index (χ0v) is 10.8. The summed E-state index contributed by atoms with van der Waals surface area (Å²) in [5, 5.41) is 5.82. The second-order valence-electron chi connectivity index (χ2n) is 4.77. The summed E-state index contributed by atoms with van der Waals surface area (Å²) in [6, 6.07) is 8.61. The van der Waals surface area contributed by atoms with Crippen LogP contribution < -0.4 is 5.32 Å². The third-order valence-electron chi connectivity index (χ3n) is 3.58. The maximum Gasteiger partial charge on any atom is 0.0346 e. The van der Waals surface area contributed by atoms with Crippen LogP contribution in [-0.2, 0) is 0 Å². The number of nitrogens with zero attached hydrogens (tertiary/aromatic N) is 1. The van der Waals surface area contributed by atoms with E-state index in [0.717, 1.165) is 6.54 Å². The van der Waals surface area contributed by atoms with Gasteiger partial charge in [0.2, 0.25) is 0 Å². The van der Waals surface area contributed by atoms with Gasteiger partial charge in [0, 0.05) is 17.8 Å². The zero-order chi connectivity index (χ0) is 12.3. The Labute approximate surface area is 103 Å². The number of aromatic nitrogens is 1. The molecule has 1 N–H and O–H groups in total. The van der Waals surface area contributed by atoms with Gasteiger partial charge in [0.15, 0.2) is 0 Å². The summed E-state index contributed by atoms with van der Waals surface area (Å²) in [6.07, 6.45) is 3.82. The molecule has 2 aromatic rings. The van der Waals surface area contributed by atoms with Crippen LogP contribution in [0, 0.1) is 5.92 Å². The first kappa shape index (κ1) is 12.1. The predicted molar refractivity (Wildman–Crippen MR) is 73.2 cm³/mol. The van der Waals surface area contributed by atoms with Crippen molar-refractivity contribution in [3.8, 4) is 0 Å². The van der Waals surface area contributed by atoms with E-state index in [9.17, 15) is 0 Å². The van der Waals surface area contributed by atoms with Crippen LogP contribution in [0.3, 0.4) is 0 Å². The lowest BCUT2D eigenvalue weighted by atomic mass is 9.86.